The fraction of sp³-hybridized carbons (Fsp3) is 0.765. The first-order chi connectivity index (χ1) is 9.17. The summed E-state index contributed by atoms with van der Waals surface area (Å²) in [6, 6.07) is 5.17. The van der Waals surface area contributed by atoms with Crippen LogP contribution in [-0.4, -0.2) is 23.0 Å². The SMILES string of the molecule is CC(C)CN(Cc1ccc(CNC(C)(C)C)s1)C(C)C. The van der Waals surface area contributed by atoms with Gasteiger partial charge in [-0.05, 0) is 52.7 Å². The Morgan fingerprint density at radius 2 is 1.70 bits per heavy atom. The summed E-state index contributed by atoms with van der Waals surface area (Å²) in [5.41, 5.74) is 0.186. The molecule has 0 radical (unpaired) electrons. The molecule has 0 aliphatic carbocycles. The van der Waals surface area contributed by atoms with Crippen molar-refractivity contribution in [2.24, 2.45) is 5.92 Å². The Kier molecular flexibility index (Phi) is 6.70. The van der Waals surface area contributed by atoms with Crippen LogP contribution in [0.2, 0.25) is 0 Å². The number of nitrogens with zero attached hydrogens (tertiary/aromatic N) is 1. The summed E-state index contributed by atoms with van der Waals surface area (Å²) >= 11 is 1.94. The molecular weight excluding hydrogens is 264 g/mol. The Morgan fingerprint density at radius 1 is 1.10 bits per heavy atom. The highest BCUT2D eigenvalue weighted by Crippen LogP contribution is 2.20. The summed E-state index contributed by atoms with van der Waals surface area (Å²) in [5, 5.41) is 3.56. The molecule has 0 aliphatic rings. The smallest absolute Gasteiger partial charge is 0.0330 e. The van der Waals surface area contributed by atoms with Crippen LogP contribution in [0.1, 0.15) is 58.2 Å². The van der Waals surface area contributed by atoms with E-state index in [4.69, 9.17) is 0 Å². The molecule has 1 rings (SSSR count). The van der Waals surface area contributed by atoms with Crippen molar-refractivity contribution >= 4 is 11.3 Å². The normalized spacial score (nSPS) is 12.9. The van der Waals surface area contributed by atoms with E-state index >= 15 is 0 Å². The molecular formula is C17H32N2S. The molecule has 1 aromatic rings. The summed E-state index contributed by atoms with van der Waals surface area (Å²) < 4.78 is 0. The molecule has 116 valence electrons. The molecule has 1 aromatic heterocycles. The van der Waals surface area contributed by atoms with E-state index in [0.29, 0.717) is 6.04 Å². The third-order valence-electron chi connectivity index (χ3n) is 3.20. The molecule has 1 N–H and O–H groups in total. The fourth-order valence-electron chi connectivity index (χ4n) is 2.08. The van der Waals surface area contributed by atoms with Gasteiger partial charge in [0.1, 0.15) is 0 Å². The molecule has 20 heavy (non-hydrogen) atoms. The van der Waals surface area contributed by atoms with Crippen LogP contribution in [0.25, 0.3) is 0 Å². The molecule has 0 saturated carbocycles. The van der Waals surface area contributed by atoms with Gasteiger partial charge in [0.2, 0.25) is 0 Å². The molecule has 0 fully saturated rings. The maximum atomic E-state index is 3.56. The average molecular weight is 297 g/mol. The highest BCUT2D eigenvalue weighted by molar-refractivity contribution is 7.11. The van der Waals surface area contributed by atoms with Crippen LogP contribution in [0.3, 0.4) is 0 Å². The van der Waals surface area contributed by atoms with Gasteiger partial charge in [-0.2, -0.15) is 0 Å². The number of hydrogen-bond acceptors (Lipinski definition) is 3. The minimum Gasteiger partial charge on any atom is -0.307 e. The lowest BCUT2D eigenvalue weighted by atomic mass is 10.1. The number of hydrogen-bond donors (Lipinski definition) is 1. The van der Waals surface area contributed by atoms with E-state index in [1.165, 1.54) is 16.3 Å². The zero-order chi connectivity index (χ0) is 15.3. The van der Waals surface area contributed by atoms with E-state index in [9.17, 15) is 0 Å². The van der Waals surface area contributed by atoms with Crippen LogP contribution in [-0.2, 0) is 13.1 Å². The van der Waals surface area contributed by atoms with Gasteiger partial charge in [0.15, 0.2) is 0 Å². The third-order valence-corrected chi connectivity index (χ3v) is 4.27. The van der Waals surface area contributed by atoms with Crippen molar-refractivity contribution in [3.63, 3.8) is 0 Å². The maximum Gasteiger partial charge on any atom is 0.0330 e. The molecule has 1 heterocycles. The van der Waals surface area contributed by atoms with E-state index < -0.39 is 0 Å². The highest BCUT2D eigenvalue weighted by Gasteiger charge is 2.14. The molecule has 0 bridgehead atoms. The van der Waals surface area contributed by atoms with Gasteiger partial charge in [-0.15, -0.1) is 11.3 Å². The first-order valence-electron chi connectivity index (χ1n) is 7.74. The topological polar surface area (TPSA) is 15.3 Å². The molecule has 0 amide bonds. The second kappa shape index (κ2) is 7.58. The average Bonchev–Trinajstić information content (AvgIpc) is 2.71. The molecule has 0 aliphatic heterocycles. The molecule has 0 unspecified atom stereocenters. The minimum atomic E-state index is 0.186. The number of nitrogens with one attached hydrogen (secondary N) is 1. The van der Waals surface area contributed by atoms with Gasteiger partial charge >= 0.3 is 0 Å². The molecule has 2 nitrogen and oxygen atoms in total. The Hall–Kier alpha value is -0.380. The predicted octanol–water partition coefficient (Wildman–Crippen LogP) is 4.50. The minimum absolute atomic E-state index is 0.186. The number of rotatable bonds is 7. The van der Waals surface area contributed by atoms with Crippen molar-refractivity contribution in [3.8, 4) is 0 Å². The van der Waals surface area contributed by atoms with Gasteiger partial charge in [-0.25, -0.2) is 0 Å². The second-order valence-electron chi connectivity index (χ2n) is 7.39. The van der Waals surface area contributed by atoms with Crippen LogP contribution in [0.15, 0.2) is 12.1 Å². The molecule has 3 heteroatoms. The largest absolute Gasteiger partial charge is 0.307 e. The van der Waals surface area contributed by atoms with E-state index in [0.717, 1.165) is 19.0 Å². The molecule has 0 aromatic carbocycles. The van der Waals surface area contributed by atoms with E-state index in [1.54, 1.807) is 0 Å². The third kappa shape index (κ3) is 6.87. The van der Waals surface area contributed by atoms with Gasteiger partial charge in [-0.3, -0.25) is 4.90 Å². The van der Waals surface area contributed by atoms with Gasteiger partial charge in [-0.1, -0.05) is 13.8 Å². The Balaban J connectivity index is 2.57. The quantitative estimate of drug-likeness (QED) is 0.797. The summed E-state index contributed by atoms with van der Waals surface area (Å²) in [4.78, 5) is 5.48. The Bertz CT molecular complexity index is 388. The zero-order valence-corrected chi connectivity index (χ0v) is 15.1. The van der Waals surface area contributed by atoms with E-state index in [2.05, 4.69) is 70.8 Å². The summed E-state index contributed by atoms with van der Waals surface area (Å²) in [6.07, 6.45) is 0. The lowest BCUT2D eigenvalue weighted by Crippen LogP contribution is -2.34. The van der Waals surface area contributed by atoms with Crippen molar-refractivity contribution in [2.75, 3.05) is 6.54 Å². The van der Waals surface area contributed by atoms with Gasteiger partial charge in [0.05, 0.1) is 0 Å². The van der Waals surface area contributed by atoms with Gasteiger partial charge in [0, 0.05) is 41.0 Å². The highest BCUT2D eigenvalue weighted by atomic mass is 32.1. The van der Waals surface area contributed by atoms with Crippen molar-refractivity contribution in [3.05, 3.63) is 21.9 Å². The van der Waals surface area contributed by atoms with Crippen LogP contribution in [0, 0.1) is 5.92 Å². The van der Waals surface area contributed by atoms with Crippen LogP contribution in [0.5, 0.6) is 0 Å². The van der Waals surface area contributed by atoms with Crippen molar-refractivity contribution in [1.29, 1.82) is 0 Å². The van der Waals surface area contributed by atoms with Crippen LogP contribution >= 0.6 is 11.3 Å². The second-order valence-corrected chi connectivity index (χ2v) is 8.64. The molecule has 0 atom stereocenters. The van der Waals surface area contributed by atoms with Crippen LogP contribution < -0.4 is 5.32 Å². The Labute approximate surface area is 129 Å². The first kappa shape index (κ1) is 17.7. The zero-order valence-electron chi connectivity index (χ0n) is 14.3. The summed E-state index contributed by atoms with van der Waals surface area (Å²) in [6.45, 7) is 19.0. The lowest BCUT2D eigenvalue weighted by Gasteiger charge is -2.27. The summed E-state index contributed by atoms with van der Waals surface area (Å²) in [5.74, 6) is 0.722. The standard InChI is InChI=1S/C17H32N2S/c1-13(2)11-19(14(3)4)12-16-9-8-15(20-16)10-18-17(5,6)7/h8-9,13-14,18H,10-12H2,1-7H3. The van der Waals surface area contributed by atoms with E-state index in [1.807, 2.05) is 11.3 Å². The monoisotopic (exact) mass is 296 g/mol. The lowest BCUT2D eigenvalue weighted by molar-refractivity contribution is 0.191. The summed E-state index contributed by atoms with van der Waals surface area (Å²) in [7, 11) is 0. The van der Waals surface area contributed by atoms with Crippen molar-refractivity contribution in [1.82, 2.24) is 10.2 Å². The van der Waals surface area contributed by atoms with Crippen molar-refractivity contribution in [2.45, 2.75) is 73.1 Å². The predicted molar refractivity (Wildman–Crippen MR) is 91.3 cm³/mol. The van der Waals surface area contributed by atoms with Gasteiger partial charge < -0.3 is 5.32 Å². The Morgan fingerprint density at radius 3 is 2.20 bits per heavy atom. The number of thiophene rings is 1. The maximum absolute atomic E-state index is 3.56. The van der Waals surface area contributed by atoms with Crippen LogP contribution in [0.4, 0.5) is 0 Å². The van der Waals surface area contributed by atoms with Crippen molar-refractivity contribution < 1.29 is 0 Å². The first-order valence-corrected chi connectivity index (χ1v) is 8.55. The van der Waals surface area contributed by atoms with Gasteiger partial charge in [0.25, 0.3) is 0 Å². The fourth-order valence-corrected chi connectivity index (χ4v) is 3.07. The molecule has 0 saturated heterocycles. The molecule has 0 spiro atoms. The van der Waals surface area contributed by atoms with E-state index in [-0.39, 0.29) is 5.54 Å².